The maximum Gasteiger partial charge on any atom is 0.340 e. The Morgan fingerprint density at radius 3 is 2.03 bits per heavy atom. The Labute approximate surface area is 172 Å². The van der Waals surface area contributed by atoms with Gasteiger partial charge in [-0.15, -0.1) is 0 Å². The highest BCUT2D eigenvalue weighted by Gasteiger charge is 2.21. The molecule has 9 heteroatoms. The fourth-order valence-electron chi connectivity index (χ4n) is 2.82. The molecule has 0 aliphatic carbocycles. The van der Waals surface area contributed by atoms with Crippen molar-refractivity contribution in [1.82, 2.24) is 9.97 Å². The number of carboxylic acids is 1. The summed E-state index contributed by atoms with van der Waals surface area (Å²) in [6.45, 7) is 0. The summed E-state index contributed by atoms with van der Waals surface area (Å²) >= 11 is 0. The maximum atomic E-state index is 12.1. The van der Waals surface area contributed by atoms with Gasteiger partial charge in [0.25, 0.3) is 0 Å². The van der Waals surface area contributed by atoms with Crippen molar-refractivity contribution in [3.05, 3.63) is 48.0 Å². The van der Waals surface area contributed by atoms with Gasteiger partial charge in [-0.05, 0) is 23.8 Å². The summed E-state index contributed by atoms with van der Waals surface area (Å²) in [4.78, 5) is 20.3. The Bertz CT molecular complexity index is 1050. The summed E-state index contributed by atoms with van der Waals surface area (Å²) in [5, 5.41) is 9.89. The van der Waals surface area contributed by atoms with Gasteiger partial charge < -0.3 is 28.8 Å². The van der Waals surface area contributed by atoms with Crippen molar-refractivity contribution in [2.45, 2.75) is 0 Å². The van der Waals surface area contributed by atoms with Crippen molar-refractivity contribution in [2.75, 3.05) is 28.4 Å². The van der Waals surface area contributed by atoms with Crippen LogP contribution in [-0.2, 0) is 0 Å². The zero-order chi connectivity index (χ0) is 21.7. The minimum atomic E-state index is -1.18. The largest absolute Gasteiger partial charge is 0.493 e. The first-order chi connectivity index (χ1) is 14.5. The fraction of sp³-hybridized carbons (Fsp3) is 0.190. The molecule has 0 unspecified atom stereocenters. The van der Waals surface area contributed by atoms with Crippen LogP contribution in [0.4, 0.5) is 0 Å². The number of methoxy groups -OCH3 is 4. The normalized spacial score (nSPS) is 10.3. The minimum absolute atomic E-state index is 0.0601. The monoisotopic (exact) mass is 412 g/mol. The van der Waals surface area contributed by atoms with Crippen LogP contribution in [0.1, 0.15) is 10.4 Å². The number of aromatic carboxylic acids is 1. The number of carbonyl (C=O) groups is 1. The highest BCUT2D eigenvalue weighted by atomic mass is 16.5. The predicted octanol–water partition coefficient (Wildman–Crippen LogP) is 3.67. The molecule has 30 heavy (non-hydrogen) atoms. The number of carboxylic acid groups (broad SMARTS) is 1. The molecule has 3 rings (SSSR count). The molecule has 1 aromatic heterocycles. The van der Waals surface area contributed by atoms with Gasteiger partial charge >= 0.3 is 12.0 Å². The molecule has 0 saturated heterocycles. The van der Waals surface area contributed by atoms with Crippen molar-refractivity contribution in [1.29, 1.82) is 0 Å². The summed E-state index contributed by atoms with van der Waals surface area (Å²) < 4.78 is 26.5. The second-order valence-corrected chi connectivity index (χ2v) is 5.89. The third-order valence-corrected chi connectivity index (χ3v) is 4.21. The van der Waals surface area contributed by atoms with Gasteiger partial charge in [0.1, 0.15) is 11.3 Å². The van der Waals surface area contributed by atoms with E-state index in [4.69, 9.17) is 23.7 Å². The second kappa shape index (κ2) is 8.99. The van der Waals surface area contributed by atoms with E-state index in [1.807, 2.05) is 0 Å². The number of aromatic nitrogens is 2. The Morgan fingerprint density at radius 1 is 0.800 bits per heavy atom. The van der Waals surface area contributed by atoms with Crippen LogP contribution < -0.4 is 23.7 Å². The summed E-state index contributed by atoms with van der Waals surface area (Å²) in [5.41, 5.74) is 0.977. The van der Waals surface area contributed by atoms with E-state index in [1.54, 1.807) is 30.3 Å². The van der Waals surface area contributed by atoms with Crippen LogP contribution in [0.2, 0.25) is 0 Å². The van der Waals surface area contributed by atoms with Gasteiger partial charge in [0, 0.05) is 5.56 Å². The lowest BCUT2D eigenvalue weighted by molar-refractivity contribution is 0.0695. The quantitative estimate of drug-likeness (QED) is 0.592. The predicted molar refractivity (Wildman–Crippen MR) is 107 cm³/mol. The SMILES string of the molecule is COc1cc(OC)nc(Oc2cccc(-c3ccc(OC)c(OC)c3)c2C(=O)O)n1. The van der Waals surface area contributed by atoms with E-state index in [-0.39, 0.29) is 29.1 Å². The highest BCUT2D eigenvalue weighted by Crippen LogP contribution is 2.37. The van der Waals surface area contributed by atoms with Crippen molar-refractivity contribution >= 4 is 5.97 Å². The van der Waals surface area contributed by atoms with E-state index in [1.165, 1.54) is 40.6 Å². The molecule has 0 amide bonds. The van der Waals surface area contributed by atoms with Gasteiger partial charge in [-0.25, -0.2) is 4.79 Å². The Balaban J connectivity index is 2.10. The van der Waals surface area contributed by atoms with E-state index < -0.39 is 5.97 Å². The van der Waals surface area contributed by atoms with Crippen LogP contribution >= 0.6 is 0 Å². The molecule has 0 aliphatic rings. The number of ether oxygens (including phenoxy) is 5. The molecule has 9 nitrogen and oxygen atoms in total. The van der Waals surface area contributed by atoms with Gasteiger partial charge in [-0.2, -0.15) is 9.97 Å². The number of hydrogen-bond donors (Lipinski definition) is 1. The smallest absolute Gasteiger partial charge is 0.340 e. The lowest BCUT2D eigenvalue weighted by atomic mass is 9.98. The molecule has 1 heterocycles. The second-order valence-electron chi connectivity index (χ2n) is 5.89. The lowest BCUT2D eigenvalue weighted by Gasteiger charge is -2.14. The summed E-state index contributed by atoms with van der Waals surface area (Å²) in [5.74, 6) is 0.311. The molecule has 0 spiro atoms. The molecule has 0 aliphatic heterocycles. The first-order valence-electron chi connectivity index (χ1n) is 8.74. The van der Waals surface area contributed by atoms with Crippen LogP contribution in [0.5, 0.6) is 35.0 Å². The minimum Gasteiger partial charge on any atom is -0.493 e. The highest BCUT2D eigenvalue weighted by molar-refractivity contribution is 5.99. The molecule has 2 aromatic carbocycles. The summed E-state index contributed by atoms with van der Waals surface area (Å²) in [6.07, 6.45) is 0. The van der Waals surface area contributed by atoms with Crippen LogP contribution in [0.15, 0.2) is 42.5 Å². The Morgan fingerprint density at radius 2 is 1.47 bits per heavy atom. The maximum absolute atomic E-state index is 12.1. The Hall–Kier alpha value is -4.01. The van der Waals surface area contributed by atoms with Crippen LogP contribution in [-0.4, -0.2) is 49.5 Å². The molecule has 0 radical (unpaired) electrons. The first-order valence-corrected chi connectivity index (χ1v) is 8.74. The molecule has 0 bridgehead atoms. The topological polar surface area (TPSA) is 109 Å². The van der Waals surface area contributed by atoms with E-state index in [0.717, 1.165) is 0 Å². The standard InChI is InChI=1S/C21H20N2O7/c1-26-14-9-8-12(10-16(14)27-2)13-6-5-7-15(19(13)20(24)25)30-21-22-17(28-3)11-18(23-21)29-4/h5-11H,1-4H3,(H,24,25). The number of nitrogens with zero attached hydrogens (tertiary/aromatic N) is 2. The average Bonchev–Trinajstić information content (AvgIpc) is 2.77. The van der Waals surface area contributed by atoms with Crippen molar-refractivity contribution in [3.63, 3.8) is 0 Å². The van der Waals surface area contributed by atoms with Crippen LogP contribution in [0.25, 0.3) is 11.1 Å². The average molecular weight is 412 g/mol. The van der Waals surface area contributed by atoms with Crippen LogP contribution in [0, 0.1) is 0 Å². The van der Waals surface area contributed by atoms with Gasteiger partial charge in [0.05, 0.1) is 34.5 Å². The number of benzene rings is 2. The zero-order valence-electron chi connectivity index (χ0n) is 16.8. The molecule has 1 N–H and O–H groups in total. The van der Waals surface area contributed by atoms with E-state index in [2.05, 4.69) is 9.97 Å². The zero-order valence-corrected chi connectivity index (χ0v) is 16.8. The van der Waals surface area contributed by atoms with Crippen molar-refractivity contribution < 1.29 is 33.6 Å². The molecule has 3 aromatic rings. The molecule has 156 valence electrons. The van der Waals surface area contributed by atoms with Gasteiger partial charge in [-0.1, -0.05) is 18.2 Å². The van der Waals surface area contributed by atoms with E-state index in [9.17, 15) is 9.90 Å². The van der Waals surface area contributed by atoms with E-state index in [0.29, 0.717) is 22.6 Å². The third kappa shape index (κ3) is 4.19. The molecular weight excluding hydrogens is 392 g/mol. The van der Waals surface area contributed by atoms with Crippen LogP contribution in [0.3, 0.4) is 0 Å². The number of hydrogen-bond acceptors (Lipinski definition) is 8. The lowest BCUT2D eigenvalue weighted by Crippen LogP contribution is -2.05. The van der Waals surface area contributed by atoms with Gasteiger partial charge in [0.2, 0.25) is 11.8 Å². The summed E-state index contributed by atoms with van der Waals surface area (Å²) in [6, 6.07) is 11.3. The third-order valence-electron chi connectivity index (χ3n) is 4.21. The van der Waals surface area contributed by atoms with Crippen molar-refractivity contribution in [2.24, 2.45) is 0 Å². The fourth-order valence-corrected chi connectivity index (χ4v) is 2.82. The van der Waals surface area contributed by atoms with E-state index >= 15 is 0 Å². The molecular formula is C21H20N2O7. The molecule has 0 saturated carbocycles. The number of rotatable bonds is 8. The van der Waals surface area contributed by atoms with Crippen molar-refractivity contribution in [3.8, 4) is 46.1 Å². The summed E-state index contributed by atoms with van der Waals surface area (Å²) in [7, 11) is 5.90. The molecule has 0 atom stereocenters. The van der Waals surface area contributed by atoms with Gasteiger partial charge in [-0.3, -0.25) is 0 Å². The Kier molecular flexibility index (Phi) is 6.21. The first kappa shape index (κ1) is 20.7. The van der Waals surface area contributed by atoms with Gasteiger partial charge in [0.15, 0.2) is 11.5 Å². The molecule has 0 fully saturated rings.